The number of ether oxygens (including phenoxy) is 1. The highest BCUT2D eigenvalue weighted by Gasteiger charge is 2.39. The standard InChI is InChI=1S/C24H33N5O5/c1-5-6-11-27-21(25)20(22(31)26-24(27)33)29(13-15(2)3)23(32)16-12-19(30)28(14-16)17-9-7-8-10-18(17)34-4/h7-10,15-16H,5-6,11-14,25H2,1-4H3,(H,26,31,33)/t16-/m1/s1. The smallest absolute Gasteiger partial charge is 0.330 e. The second kappa shape index (κ2) is 10.6. The third-order valence-corrected chi connectivity index (χ3v) is 5.88. The molecular weight excluding hydrogens is 438 g/mol. The van der Waals surface area contributed by atoms with Crippen molar-refractivity contribution in [1.29, 1.82) is 0 Å². The Morgan fingerprint density at radius 2 is 1.97 bits per heavy atom. The van der Waals surface area contributed by atoms with Crippen molar-refractivity contribution in [2.24, 2.45) is 11.8 Å². The summed E-state index contributed by atoms with van der Waals surface area (Å²) in [4.78, 5) is 56.9. The van der Waals surface area contributed by atoms with Crippen molar-refractivity contribution >= 4 is 29.0 Å². The van der Waals surface area contributed by atoms with Crippen LogP contribution in [0.3, 0.4) is 0 Å². The molecule has 10 heteroatoms. The number of amides is 2. The summed E-state index contributed by atoms with van der Waals surface area (Å²) in [5.41, 5.74) is 5.51. The van der Waals surface area contributed by atoms with E-state index in [4.69, 9.17) is 10.5 Å². The first-order valence-corrected chi connectivity index (χ1v) is 11.6. The van der Waals surface area contributed by atoms with Gasteiger partial charge in [-0.2, -0.15) is 0 Å². The zero-order valence-electron chi connectivity index (χ0n) is 20.2. The van der Waals surface area contributed by atoms with Gasteiger partial charge in [0.05, 0.1) is 18.7 Å². The summed E-state index contributed by atoms with van der Waals surface area (Å²) in [5, 5.41) is 0. The van der Waals surface area contributed by atoms with E-state index < -0.39 is 17.2 Å². The molecule has 0 aliphatic carbocycles. The van der Waals surface area contributed by atoms with Crippen molar-refractivity contribution in [3.63, 3.8) is 0 Å². The minimum absolute atomic E-state index is 0.00123. The zero-order chi connectivity index (χ0) is 25.0. The Hall–Kier alpha value is -3.56. The normalized spacial score (nSPS) is 15.7. The fourth-order valence-electron chi connectivity index (χ4n) is 4.21. The van der Waals surface area contributed by atoms with E-state index in [9.17, 15) is 19.2 Å². The van der Waals surface area contributed by atoms with E-state index in [2.05, 4.69) is 4.98 Å². The largest absolute Gasteiger partial charge is 0.495 e. The van der Waals surface area contributed by atoms with Crippen molar-refractivity contribution in [3.05, 3.63) is 45.1 Å². The molecule has 10 nitrogen and oxygen atoms in total. The highest BCUT2D eigenvalue weighted by molar-refractivity contribution is 6.05. The Labute approximate surface area is 198 Å². The minimum Gasteiger partial charge on any atom is -0.495 e. The van der Waals surface area contributed by atoms with E-state index in [0.717, 1.165) is 6.42 Å². The molecule has 0 saturated carbocycles. The van der Waals surface area contributed by atoms with E-state index in [-0.39, 0.29) is 48.7 Å². The van der Waals surface area contributed by atoms with Gasteiger partial charge in [-0.3, -0.25) is 23.9 Å². The van der Waals surface area contributed by atoms with E-state index in [1.165, 1.54) is 21.5 Å². The SMILES string of the molecule is CCCCn1c(N)c(N(CC(C)C)C(=O)[C@@H]2CC(=O)N(c3ccccc3OC)C2)c(=O)[nH]c1=O. The van der Waals surface area contributed by atoms with E-state index in [1.807, 2.05) is 20.8 Å². The molecule has 0 radical (unpaired) electrons. The number of methoxy groups -OCH3 is 1. The molecule has 1 aliphatic heterocycles. The lowest BCUT2D eigenvalue weighted by Gasteiger charge is -2.28. The molecular formula is C24H33N5O5. The van der Waals surface area contributed by atoms with Crippen LogP contribution in [-0.2, 0) is 16.1 Å². The number of nitrogens with two attached hydrogens (primary N) is 1. The fraction of sp³-hybridized carbons (Fsp3) is 0.500. The number of benzene rings is 1. The van der Waals surface area contributed by atoms with Crippen LogP contribution >= 0.6 is 0 Å². The number of hydrogen-bond acceptors (Lipinski definition) is 6. The number of carbonyl (C=O) groups is 2. The summed E-state index contributed by atoms with van der Waals surface area (Å²) < 4.78 is 6.67. The van der Waals surface area contributed by atoms with E-state index in [0.29, 0.717) is 24.4 Å². The van der Waals surface area contributed by atoms with Crippen LogP contribution in [0.15, 0.2) is 33.9 Å². The number of hydrogen-bond donors (Lipinski definition) is 2. The van der Waals surface area contributed by atoms with Crippen LogP contribution in [0.1, 0.15) is 40.0 Å². The van der Waals surface area contributed by atoms with Crippen LogP contribution in [0.4, 0.5) is 17.2 Å². The lowest BCUT2D eigenvalue weighted by molar-refractivity contribution is -0.124. The molecule has 1 aromatic heterocycles. The van der Waals surface area contributed by atoms with Crippen LogP contribution in [0.5, 0.6) is 5.75 Å². The number of para-hydroxylation sites is 2. The van der Waals surface area contributed by atoms with Gasteiger partial charge in [-0.1, -0.05) is 39.3 Å². The second-order valence-corrected chi connectivity index (χ2v) is 8.92. The van der Waals surface area contributed by atoms with Gasteiger partial charge in [0.15, 0.2) is 5.69 Å². The predicted octanol–water partition coefficient (Wildman–Crippen LogP) is 1.97. The summed E-state index contributed by atoms with van der Waals surface area (Å²) in [6, 6.07) is 7.12. The Balaban J connectivity index is 1.98. The lowest BCUT2D eigenvalue weighted by Crippen LogP contribution is -2.45. The number of anilines is 3. The van der Waals surface area contributed by atoms with Crippen LogP contribution in [0.2, 0.25) is 0 Å². The number of nitrogen functional groups attached to an aromatic ring is 1. The number of carbonyl (C=O) groups excluding carboxylic acids is 2. The van der Waals surface area contributed by atoms with Gasteiger partial charge in [-0.05, 0) is 24.5 Å². The first kappa shape index (κ1) is 25.1. The average Bonchev–Trinajstić information content (AvgIpc) is 3.18. The van der Waals surface area contributed by atoms with Crippen molar-refractivity contribution in [3.8, 4) is 5.75 Å². The molecule has 2 amide bonds. The maximum Gasteiger partial charge on any atom is 0.330 e. The molecule has 1 saturated heterocycles. The third-order valence-electron chi connectivity index (χ3n) is 5.88. The monoisotopic (exact) mass is 471 g/mol. The molecule has 34 heavy (non-hydrogen) atoms. The topological polar surface area (TPSA) is 131 Å². The van der Waals surface area contributed by atoms with E-state index in [1.54, 1.807) is 24.3 Å². The molecule has 0 unspecified atom stereocenters. The highest BCUT2D eigenvalue weighted by atomic mass is 16.5. The number of aromatic amines is 1. The first-order valence-electron chi connectivity index (χ1n) is 11.6. The van der Waals surface area contributed by atoms with Gasteiger partial charge in [-0.15, -0.1) is 0 Å². The Morgan fingerprint density at radius 3 is 2.62 bits per heavy atom. The van der Waals surface area contributed by atoms with Crippen LogP contribution in [0, 0.1) is 11.8 Å². The number of unbranched alkanes of at least 4 members (excludes halogenated alkanes) is 1. The van der Waals surface area contributed by atoms with Gasteiger partial charge in [0, 0.05) is 26.1 Å². The van der Waals surface area contributed by atoms with Gasteiger partial charge >= 0.3 is 5.69 Å². The third kappa shape index (κ3) is 5.00. The zero-order valence-corrected chi connectivity index (χ0v) is 20.2. The Bertz CT molecular complexity index is 1170. The second-order valence-electron chi connectivity index (χ2n) is 8.92. The number of rotatable bonds is 9. The van der Waals surface area contributed by atoms with Crippen LogP contribution in [-0.4, -0.2) is 41.6 Å². The average molecular weight is 472 g/mol. The molecule has 1 fully saturated rings. The maximum absolute atomic E-state index is 13.7. The van der Waals surface area contributed by atoms with Crippen LogP contribution in [0.25, 0.3) is 0 Å². The molecule has 0 bridgehead atoms. The molecule has 1 atom stereocenters. The van der Waals surface area contributed by atoms with Gasteiger partial charge in [0.2, 0.25) is 11.8 Å². The van der Waals surface area contributed by atoms with Crippen molar-refractivity contribution < 1.29 is 14.3 Å². The van der Waals surface area contributed by atoms with E-state index >= 15 is 0 Å². The number of nitrogens with one attached hydrogen (secondary N) is 1. The minimum atomic E-state index is -0.713. The molecule has 2 aromatic rings. The van der Waals surface area contributed by atoms with Gasteiger partial charge in [-0.25, -0.2) is 4.79 Å². The van der Waals surface area contributed by atoms with Crippen LogP contribution < -0.4 is 31.5 Å². The van der Waals surface area contributed by atoms with Crippen molar-refractivity contribution in [2.45, 2.75) is 46.6 Å². The number of nitrogens with zero attached hydrogens (tertiary/aromatic N) is 3. The summed E-state index contributed by atoms with van der Waals surface area (Å²) in [6.45, 7) is 6.51. The molecule has 2 heterocycles. The summed E-state index contributed by atoms with van der Waals surface area (Å²) >= 11 is 0. The molecule has 184 valence electrons. The molecule has 0 spiro atoms. The van der Waals surface area contributed by atoms with Gasteiger partial charge in [0.25, 0.3) is 5.56 Å². The summed E-state index contributed by atoms with van der Waals surface area (Å²) in [5.74, 6) is -0.750. The quantitative estimate of drug-likeness (QED) is 0.575. The van der Waals surface area contributed by atoms with Gasteiger partial charge in [0.1, 0.15) is 11.6 Å². The molecule has 1 aromatic carbocycles. The fourth-order valence-corrected chi connectivity index (χ4v) is 4.21. The molecule has 3 rings (SSSR count). The first-order chi connectivity index (χ1) is 16.2. The van der Waals surface area contributed by atoms with Gasteiger partial charge < -0.3 is 20.3 Å². The molecule has 3 N–H and O–H groups in total. The highest BCUT2D eigenvalue weighted by Crippen LogP contribution is 2.34. The lowest BCUT2D eigenvalue weighted by atomic mass is 10.1. The number of H-pyrrole nitrogens is 1. The number of aromatic nitrogens is 2. The predicted molar refractivity (Wildman–Crippen MR) is 131 cm³/mol. The molecule has 1 aliphatic rings. The van der Waals surface area contributed by atoms with Crippen molar-refractivity contribution in [2.75, 3.05) is 35.7 Å². The van der Waals surface area contributed by atoms with Crippen molar-refractivity contribution in [1.82, 2.24) is 9.55 Å². The summed E-state index contributed by atoms with van der Waals surface area (Å²) in [6.07, 6.45) is 1.52. The Morgan fingerprint density at radius 1 is 1.26 bits per heavy atom. The Kier molecular flexibility index (Phi) is 7.80. The maximum atomic E-state index is 13.7. The summed E-state index contributed by atoms with van der Waals surface area (Å²) in [7, 11) is 1.52.